The molecule has 8 heteroatoms. The standard InChI is InChI=1S/C26H24F3NO4/c1-14(15-7-9-20(27)23(11-15)33-2)30-13-16-12-19(17-5-3-4-6-22(17)34-16)18-8-10-21(28)24(25(18)29)26(31)32/h3-11,14,16,19,30H,12-13H2,1-2H3,(H,31,32). The van der Waals surface area contributed by atoms with Crippen molar-refractivity contribution in [2.45, 2.75) is 31.4 Å². The van der Waals surface area contributed by atoms with E-state index >= 15 is 4.39 Å². The Kier molecular flexibility index (Phi) is 6.79. The van der Waals surface area contributed by atoms with Crippen LogP contribution in [0.2, 0.25) is 0 Å². The van der Waals surface area contributed by atoms with E-state index < -0.39 is 34.9 Å². The van der Waals surface area contributed by atoms with Crippen molar-refractivity contribution in [3.63, 3.8) is 0 Å². The van der Waals surface area contributed by atoms with E-state index in [1.807, 2.05) is 6.92 Å². The second-order valence-corrected chi connectivity index (χ2v) is 8.22. The van der Waals surface area contributed by atoms with Crippen LogP contribution in [0.3, 0.4) is 0 Å². The van der Waals surface area contributed by atoms with E-state index in [4.69, 9.17) is 9.47 Å². The van der Waals surface area contributed by atoms with Gasteiger partial charge in [-0.25, -0.2) is 18.0 Å². The summed E-state index contributed by atoms with van der Waals surface area (Å²) in [6.07, 6.45) is -0.0205. The van der Waals surface area contributed by atoms with Crippen molar-refractivity contribution in [2.24, 2.45) is 0 Å². The number of carboxylic acid groups (broad SMARTS) is 1. The lowest BCUT2D eigenvalue weighted by Crippen LogP contribution is -2.37. The summed E-state index contributed by atoms with van der Waals surface area (Å²) in [5.74, 6) is -4.10. The van der Waals surface area contributed by atoms with Gasteiger partial charge in [-0.15, -0.1) is 0 Å². The molecule has 0 fully saturated rings. The predicted octanol–water partition coefficient (Wildman–Crippen LogP) is 5.44. The maximum Gasteiger partial charge on any atom is 0.341 e. The highest BCUT2D eigenvalue weighted by atomic mass is 19.1. The lowest BCUT2D eigenvalue weighted by molar-refractivity contribution is 0.0686. The second kappa shape index (κ2) is 9.77. The molecule has 2 N–H and O–H groups in total. The smallest absolute Gasteiger partial charge is 0.341 e. The van der Waals surface area contributed by atoms with E-state index in [0.29, 0.717) is 24.3 Å². The molecule has 5 nitrogen and oxygen atoms in total. The Bertz CT molecular complexity index is 1220. The molecule has 1 aliphatic rings. The molecule has 0 aliphatic carbocycles. The molecule has 0 amide bonds. The van der Waals surface area contributed by atoms with Gasteiger partial charge in [-0.05, 0) is 48.7 Å². The van der Waals surface area contributed by atoms with E-state index in [1.165, 1.54) is 19.2 Å². The van der Waals surface area contributed by atoms with Gasteiger partial charge in [0.25, 0.3) is 0 Å². The average Bonchev–Trinajstić information content (AvgIpc) is 2.82. The number of fused-ring (bicyclic) bond motifs is 1. The van der Waals surface area contributed by atoms with Crippen LogP contribution in [0.4, 0.5) is 13.2 Å². The van der Waals surface area contributed by atoms with Gasteiger partial charge in [0.15, 0.2) is 11.6 Å². The topological polar surface area (TPSA) is 67.8 Å². The summed E-state index contributed by atoms with van der Waals surface area (Å²) in [7, 11) is 1.40. The summed E-state index contributed by atoms with van der Waals surface area (Å²) >= 11 is 0. The molecule has 1 heterocycles. The van der Waals surface area contributed by atoms with Crippen LogP contribution in [-0.4, -0.2) is 30.8 Å². The zero-order chi connectivity index (χ0) is 24.4. The molecule has 34 heavy (non-hydrogen) atoms. The van der Waals surface area contributed by atoms with Crippen LogP contribution >= 0.6 is 0 Å². The Morgan fingerprint density at radius 2 is 1.85 bits per heavy atom. The molecule has 3 atom stereocenters. The van der Waals surface area contributed by atoms with Crippen LogP contribution in [-0.2, 0) is 0 Å². The molecule has 3 unspecified atom stereocenters. The van der Waals surface area contributed by atoms with E-state index in [0.717, 1.165) is 11.6 Å². The fourth-order valence-corrected chi connectivity index (χ4v) is 4.32. The van der Waals surface area contributed by atoms with Crippen molar-refractivity contribution in [1.29, 1.82) is 0 Å². The molecule has 3 aromatic rings. The van der Waals surface area contributed by atoms with Crippen molar-refractivity contribution >= 4 is 5.97 Å². The van der Waals surface area contributed by atoms with Gasteiger partial charge in [0.2, 0.25) is 0 Å². The number of methoxy groups -OCH3 is 1. The Morgan fingerprint density at radius 1 is 1.12 bits per heavy atom. The van der Waals surface area contributed by atoms with Crippen molar-refractivity contribution in [1.82, 2.24) is 5.32 Å². The van der Waals surface area contributed by atoms with E-state index in [9.17, 15) is 18.7 Å². The Labute approximate surface area is 195 Å². The van der Waals surface area contributed by atoms with Gasteiger partial charge in [-0.1, -0.05) is 30.3 Å². The third kappa shape index (κ3) is 4.59. The normalized spacial score (nSPS) is 18.0. The molecule has 0 spiro atoms. The van der Waals surface area contributed by atoms with Crippen molar-refractivity contribution < 1.29 is 32.5 Å². The summed E-state index contributed by atoms with van der Waals surface area (Å²) in [5.41, 5.74) is 0.671. The zero-order valence-corrected chi connectivity index (χ0v) is 18.6. The number of carboxylic acids is 1. The Morgan fingerprint density at radius 3 is 2.59 bits per heavy atom. The fourth-order valence-electron chi connectivity index (χ4n) is 4.32. The van der Waals surface area contributed by atoms with Crippen LogP contribution in [0.15, 0.2) is 54.6 Å². The number of ether oxygens (including phenoxy) is 2. The summed E-state index contributed by atoms with van der Waals surface area (Å²) < 4.78 is 54.0. The third-order valence-corrected chi connectivity index (χ3v) is 6.12. The largest absolute Gasteiger partial charge is 0.494 e. The van der Waals surface area contributed by atoms with Gasteiger partial charge in [0, 0.05) is 24.1 Å². The molecule has 4 rings (SSSR count). The maximum atomic E-state index is 15.1. The highest BCUT2D eigenvalue weighted by Crippen LogP contribution is 2.42. The number of nitrogens with one attached hydrogen (secondary N) is 1. The summed E-state index contributed by atoms with van der Waals surface area (Å²) in [6.45, 7) is 2.31. The highest BCUT2D eigenvalue weighted by molar-refractivity contribution is 5.88. The lowest BCUT2D eigenvalue weighted by Gasteiger charge is -2.33. The van der Waals surface area contributed by atoms with Gasteiger partial charge >= 0.3 is 5.97 Å². The Balaban J connectivity index is 1.58. The summed E-state index contributed by atoms with van der Waals surface area (Å²) in [6, 6.07) is 13.9. The van der Waals surface area contributed by atoms with Gasteiger partial charge in [0.1, 0.15) is 29.1 Å². The summed E-state index contributed by atoms with van der Waals surface area (Å²) in [5, 5.41) is 12.6. The first-order valence-corrected chi connectivity index (χ1v) is 10.8. The second-order valence-electron chi connectivity index (χ2n) is 8.22. The van der Waals surface area contributed by atoms with Crippen LogP contribution < -0.4 is 14.8 Å². The molecule has 3 aromatic carbocycles. The molecule has 0 radical (unpaired) electrons. The molecule has 0 saturated carbocycles. The van der Waals surface area contributed by atoms with Crippen LogP contribution in [0.5, 0.6) is 11.5 Å². The van der Waals surface area contributed by atoms with Crippen molar-refractivity contribution in [3.8, 4) is 11.5 Å². The minimum absolute atomic E-state index is 0.107. The number of carbonyl (C=O) groups is 1. The SMILES string of the molecule is COc1cc(C(C)NCC2CC(c3ccc(F)c(C(=O)O)c3F)c3ccccc3O2)ccc1F. The fraction of sp³-hybridized carbons (Fsp3) is 0.269. The van der Waals surface area contributed by atoms with E-state index in [1.54, 1.807) is 36.4 Å². The molecule has 1 aliphatic heterocycles. The lowest BCUT2D eigenvalue weighted by atomic mass is 9.83. The number of para-hydroxylation sites is 1. The van der Waals surface area contributed by atoms with Crippen LogP contribution in [0.1, 0.15) is 52.4 Å². The quantitative estimate of drug-likeness (QED) is 0.480. The molecular weight excluding hydrogens is 447 g/mol. The number of halogens is 3. The van der Waals surface area contributed by atoms with Gasteiger partial charge in [-0.3, -0.25) is 0 Å². The first-order chi connectivity index (χ1) is 16.3. The van der Waals surface area contributed by atoms with Crippen molar-refractivity contribution in [2.75, 3.05) is 13.7 Å². The number of rotatable bonds is 7. The Hall–Kier alpha value is -3.52. The predicted molar refractivity (Wildman–Crippen MR) is 120 cm³/mol. The monoisotopic (exact) mass is 471 g/mol. The number of aromatic carboxylic acids is 1. The third-order valence-electron chi connectivity index (χ3n) is 6.12. The molecular formula is C26H24F3NO4. The van der Waals surface area contributed by atoms with Gasteiger partial charge in [-0.2, -0.15) is 0 Å². The number of hydrogen-bond donors (Lipinski definition) is 2. The maximum absolute atomic E-state index is 15.1. The van der Waals surface area contributed by atoms with Gasteiger partial charge < -0.3 is 19.9 Å². The van der Waals surface area contributed by atoms with E-state index in [2.05, 4.69) is 5.32 Å². The van der Waals surface area contributed by atoms with Crippen LogP contribution in [0.25, 0.3) is 0 Å². The van der Waals surface area contributed by atoms with Crippen LogP contribution in [0, 0.1) is 17.5 Å². The number of hydrogen-bond acceptors (Lipinski definition) is 4. The van der Waals surface area contributed by atoms with E-state index in [-0.39, 0.29) is 23.5 Å². The average molecular weight is 471 g/mol. The molecule has 0 saturated heterocycles. The van der Waals surface area contributed by atoms with Gasteiger partial charge in [0.05, 0.1) is 7.11 Å². The molecule has 0 bridgehead atoms. The zero-order valence-electron chi connectivity index (χ0n) is 18.6. The minimum atomic E-state index is -1.65. The first kappa shape index (κ1) is 23.6. The molecule has 178 valence electrons. The highest BCUT2D eigenvalue weighted by Gasteiger charge is 2.33. The number of benzene rings is 3. The minimum Gasteiger partial charge on any atom is -0.494 e. The summed E-state index contributed by atoms with van der Waals surface area (Å²) in [4.78, 5) is 11.4. The first-order valence-electron chi connectivity index (χ1n) is 10.8. The van der Waals surface area contributed by atoms with Crippen molar-refractivity contribution in [3.05, 3.63) is 94.3 Å². The molecule has 0 aromatic heterocycles.